The normalized spacial score (nSPS) is 22.9. The molecule has 1 saturated carbocycles. The van der Waals surface area contributed by atoms with E-state index in [0.29, 0.717) is 59.9 Å². The molecule has 1 fully saturated rings. The number of methoxy groups -OCH3 is 2. The van der Waals surface area contributed by atoms with Crippen molar-refractivity contribution in [3.05, 3.63) is 102 Å². The van der Waals surface area contributed by atoms with Gasteiger partial charge in [0.2, 0.25) is 5.79 Å². The van der Waals surface area contributed by atoms with E-state index in [9.17, 15) is 24.2 Å². The maximum absolute atomic E-state index is 14.2. The number of fused-ring (bicyclic) bond motifs is 2. The first-order chi connectivity index (χ1) is 30.1. The molecule has 334 valence electrons. The molecule has 3 N–H and O–H groups in total. The molecule has 0 spiro atoms. The third kappa shape index (κ3) is 10.0. The first-order valence-corrected chi connectivity index (χ1v) is 21.1. The lowest BCUT2D eigenvalue weighted by Crippen LogP contribution is -2.70. The number of rotatable bonds is 20. The molecule has 1 aliphatic heterocycles. The number of aliphatic hydroxyl groups excluding tert-OH is 2. The maximum Gasteiger partial charge on any atom is 0.417 e. The number of nitrogens with zero attached hydrogens (tertiary/aromatic N) is 2. The van der Waals surface area contributed by atoms with Crippen LogP contribution in [0.15, 0.2) is 90.1 Å². The summed E-state index contributed by atoms with van der Waals surface area (Å²) < 4.78 is 50.8. The van der Waals surface area contributed by atoms with Gasteiger partial charge in [0, 0.05) is 43.7 Å². The topological polar surface area (TPSA) is 167 Å². The van der Waals surface area contributed by atoms with Crippen LogP contribution in [0.3, 0.4) is 0 Å². The van der Waals surface area contributed by atoms with Gasteiger partial charge in [-0.15, -0.1) is 6.58 Å². The molecule has 0 bridgehead atoms. The highest BCUT2D eigenvalue weighted by molar-refractivity contribution is 6.03. The summed E-state index contributed by atoms with van der Waals surface area (Å²) in [6, 6.07) is 15.2. The summed E-state index contributed by atoms with van der Waals surface area (Å²) in [4.78, 5) is 34.8. The van der Waals surface area contributed by atoms with Crippen LogP contribution in [0, 0.1) is 23.6 Å². The average Bonchev–Trinajstić information content (AvgIpc) is 3.27. The monoisotopic (exact) mass is 859 g/mol. The zero-order valence-electron chi connectivity index (χ0n) is 35.8. The molecule has 0 radical (unpaired) electrons. The fourth-order valence-electron chi connectivity index (χ4n) is 9.26. The summed E-state index contributed by atoms with van der Waals surface area (Å²) in [5.41, 5.74) is 3.21. The van der Waals surface area contributed by atoms with E-state index in [1.807, 2.05) is 6.07 Å². The van der Waals surface area contributed by atoms with Gasteiger partial charge in [0.15, 0.2) is 0 Å². The molecule has 3 aromatic rings. The largest absolute Gasteiger partial charge is 0.497 e. The zero-order chi connectivity index (χ0) is 44.2. The molecule has 3 aliphatic rings. The van der Waals surface area contributed by atoms with E-state index in [1.54, 1.807) is 60.4 Å². The predicted molar refractivity (Wildman–Crippen MR) is 230 cm³/mol. The number of hydrogen-bond acceptors (Lipinski definition) is 12. The van der Waals surface area contributed by atoms with Crippen molar-refractivity contribution >= 4 is 23.6 Å². The van der Waals surface area contributed by atoms with Crippen LogP contribution in [0.4, 0.5) is 19.7 Å². The molecule has 14 nitrogen and oxygen atoms in total. The second kappa shape index (κ2) is 21.4. The van der Waals surface area contributed by atoms with Gasteiger partial charge in [-0.1, -0.05) is 42.3 Å². The van der Waals surface area contributed by atoms with Gasteiger partial charge in [0.1, 0.15) is 42.0 Å². The van der Waals surface area contributed by atoms with Gasteiger partial charge >= 0.3 is 12.2 Å². The summed E-state index contributed by atoms with van der Waals surface area (Å²) in [6.07, 6.45) is 6.74. The summed E-state index contributed by atoms with van der Waals surface area (Å²) in [6.45, 7) is 5.95. The summed E-state index contributed by atoms with van der Waals surface area (Å²) >= 11 is 0. The average molecular weight is 860 g/mol. The molecule has 6 atom stereocenters. The van der Waals surface area contributed by atoms with Gasteiger partial charge in [-0.3, -0.25) is 10.2 Å². The maximum atomic E-state index is 14.2. The van der Waals surface area contributed by atoms with Crippen LogP contribution < -0.4 is 24.3 Å². The molecule has 3 aromatic carbocycles. The number of carbonyl (C=O) groups is 2. The SMILES string of the molecule is C=CCOC12Oc3ccc(OC(=O)Nc4ccc(OC)cc4OC)cc3C3C(CCCCO)C(CCCCO)C=C(C(=NOC)CC1N(Cc1ccc(F)cc1)C(=O)OCC)C32. The van der Waals surface area contributed by atoms with E-state index < -0.39 is 35.8 Å². The van der Waals surface area contributed by atoms with Crippen molar-refractivity contribution in [3.63, 3.8) is 0 Å². The van der Waals surface area contributed by atoms with Crippen molar-refractivity contribution in [2.75, 3.05) is 53.1 Å². The van der Waals surface area contributed by atoms with Crippen LogP contribution in [0.2, 0.25) is 0 Å². The molecule has 6 unspecified atom stereocenters. The Morgan fingerprint density at radius 1 is 0.984 bits per heavy atom. The van der Waals surface area contributed by atoms with Gasteiger partial charge in [-0.2, -0.15) is 0 Å². The number of unbranched alkanes of at least 4 members (excludes halogenated alkanes) is 2. The van der Waals surface area contributed by atoms with E-state index in [2.05, 4.69) is 23.1 Å². The van der Waals surface area contributed by atoms with E-state index in [1.165, 1.54) is 33.5 Å². The van der Waals surface area contributed by atoms with E-state index >= 15 is 0 Å². The van der Waals surface area contributed by atoms with Crippen LogP contribution in [-0.4, -0.2) is 92.6 Å². The number of hydrogen-bond donors (Lipinski definition) is 3. The quantitative estimate of drug-likeness (QED) is 0.0568. The van der Waals surface area contributed by atoms with Gasteiger partial charge in [-0.25, -0.2) is 14.0 Å². The molecule has 0 saturated heterocycles. The Kier molecular flexibility index (Phi) is 15.9. The van der Waals surface area contributed by atoms with Crippen LogP contribution in [-0.2, 0) is 20.9 Å². The highest BCUT2D eigenvalue weighted by Gasteiger charge is 2.65. The third-order valence-corrected chi connectivity index (χ3v) is 11.8. The van der Waals surface area contributed by atoms with Crippen molar-refractivity contribution < 1.29 is 57.5 Å². The first kappa shape index (κ1) is 45.9. The fourth-order valence-corrected chi connectivity index (χ4v) is 9.26. The van der Waals surface area contributed by atoms with Crippen LogP contribution >= 0.6 is 0 Å². The molecule has 0 aromatic heterocycles. The Bertz CT molecular complexity index is 2080. The Hall–Kier alpha value is -5.64. The molecular weight excluding hydrogens is 802 g/mol. The number of aliphatic hydroxyl groups is 2. The lowest BCUT2D eigenvalue weighted by atomic mass is 9.55. The fraction of sp³-hybridized carbons (Fsp3) is 0.468. The summed E-state index contributed by atoms with van der Waals surface area (Å²) in [5, 5.41) is 27.1. The second-order valence-electron chi connectivity index (χ2n) is 15.5. The third-order valence-electron chi connectivity index (χ3n) is 11.8. The second-order valence-corrected chi connectivity index (χ2v) is 15.5. The predicted octanol–water partition coefficient (Wildman–Crippen LogP) is 8.38. The highest BCUT2D eigenvalue weighted by Crippen LogP contribution is 2.62. The number of benzene rings is 3. The van der Waals surface area contributed by atoms with E-state index in [-0.39, 0.29) is 62.9 Å². The molecule has 15 heteroatoms. The lowest BCUT2D eigenvalue weighted by Gasteiger charge is -2.59. The van der Waals surface area contributed by atoms with E-state index in [0.717, 1.165) is 24.0 Å². The van der Waals surface area contributed by atoms with Gasteiger partial charge < -0.3 is 43.5 Å². The van der Waals surface area contributed by atoms with Crippen molar-refractivity contribution in [3.8, 4) is 23.0 Å². The Balaban J connectivity index is 1.53. The smallest absolute Gasteiger partial charge is 0.417 e. The van der Waals surface area contributed by atoms with Crippen molar-refractivity contribution in [2.24, 2.45) is 22.9 Å². The molecule has 2 aliphatic carbocycles. The van der Waals surface area contributed by atoms with Gasteiger partial charge in [0.05, 0.1) is 44.8 Å². The number of halogens is 1. The molecule has 2 amide bonds. The highest BCUT2D eigenvalue weighted by atomic mass is 19.1. The van der Waals surface area contributed by atoms with Crippen LogP contribution in [0.5, 0.6) is 23.0 Å². The number of anilines is 1. The van der Waals surface area contributed by atoms with Crippen molar-refractivity contribution in [1.29, 1.82) is 0 Å². The summed E-state index contributed by atoms with van der Waals surface area (Å²) in [7, 11) is 4.50. The Labute approximate surface area is 362 Å². The summed E-state index contributed by atoms with van der Waals surface area (Å²) in [5.74, 6) is -1.42. The van der Waals surface area contributed by atoms with Crippen molar-refractivity contribution in [2.45, 2.75) is 76.2 Å². The molecule has 1 heterocycles. The minimum atomic E-state index is -1.56. The number of ether oxygens (including phenoxy) is 6. The minimum absolute atomic E-state index is 0.0195. The number of amides is 2. The minimum Gasteiger partial charge on any atom is -0.497 e. The molecular formula is C47H58FN3O11. The number of nitrogens with one attached hydrogen (secondary N) is 1. The lowest BCUT2D eigenvalue weighted by molar-refractivity contribution is -0.256. The molecule has 62 heavy (non-hydrogen) atoms. The van der Waals surface area contributed by atoms with Crippen LogP contribution in [0.1, 0.15) is 68.9 Å². The van der Waals surface area contributed by atoms with Crippen LogP contribution in [0.25, 0.3) is 0 Å². The number of oxime groups is 1. The van der Waals surface area contributed by atoms with E-state index in [4.69, 9.17) is 33.3 Å². The van der Waals surface area contributed by atoms with Gasteiger partial charge in [0.25, 0.3) is 0 Å². The first-order valence-electron chi connectivity index (χ1n) is 21.1. The standard InChI is InChI=1S/C47H58FN3O11/c1-6-24-60-47-42(51(46(55)59-7-2)29-30-14-16-32(48)17-15-30)28-39(50-58-5)36-25-31(12-8-10-22-52)35(13-9-11-23-53)43(44(36)47)37-26-34(19-21-40(37)62-47)61-45(54)49-38-20-18-33(56-3)27-41(38)57-4/h6,14-21,25-27,31,35,42-44,52-53H,1,7-13,22-24,28-29H2,2-5H3,(H,49,54). The zero-order valence-corrected chi connectivity index (χ0v) is 35.8. The van der Waals surface area contributed by atoms with Crippen molar-refractivity contribution in [1.82, 2.24) is 4.90 Å². The number of allylic oxidation sites excluding steroid dienone is 1. The Morgan fingerprint density at radius 3 is 2.40 bits per heavy atom. The Morgan fingerprint density at radius 2 is 1.73 bits per heavy atom. The number of carbonyl (C=O) groups excluding carboxylic acids is 2. The van der Waals surface area contributed by atoms with Gasteiger partial charge in [-0.05, 0) is 98.0 Å². The molecule has 6 rings (SSSR count).